The molecule has 1 aliphatic rings. The van der Waals surface area contributed by atoms with Gasteiger partial charge in [0.05, 0.1) is 6.54 Å². The topological polar surface area (TPSA) is 29.9 Å². The van der Waals surface area contributed by atoms with Crippen LogP contribution in [0.1, 0.15) is 44.6 Å². The van der Waals surface area contributed by atoms with Crippen molar-refractivity contribution in [2.75, 3.05) is 5.32 Å². The maximum atomic E-state index is 4.31. The maximum Gasteiger partial charge on any atom is 0.0679 e. The zero-order valence-electron chi connectivity index (χ0n) is 12.8. The number of aromatic nitrogens is 2. The van der Waals surface area contributed by atoms with Crippen LogP contribution in [-0.2, 0) is 6.54 Å². The van der Waals surface area contributed by atoms with Gasteiger partial charge in [-0.25, -0.2) is 0 Å². The van der Waals surface area contributed by atoms with Gasteiger partial charge in [-0.15, -0.1) is 0 Å². The van der Waals surface area contributed by atoms with Gasteiger partial charge in [0.25, 0.3) is 0 Å². The van der Waals surface area contributed by atoms with Crippen molar-refractivity contribution in [3.63, 3.8) is 0 Å². The van der Waals surface area contributed by atoms with Crippen LogP contribution < -0.4 is 5.32 Å². The Bertz CT molecular complexity index is 547. The van der Waals surface area contributed by atoms with E-state index in [0.29, 0.717) is 6.04 Å². The molecule has 2 unspecified atom stereocenters. The summed E-state index contributed by atoms with van der Waals surface area (Å²) in [4.78, 5) is 0. The fraction of sp³-hybridized carbons (Fsp3) is 0.500. The second kappa shape index (κ2) is 6.79. The Labute approximate surface area is 127 Å². The molecule has 21 heavy (non-hydrogen) atoms. The summed E-state index contributed by atoms with van der Waals surface area (Å²) in [5, 5.41) is 8.10. The average Bonchev–Trinajstić information content (AvgIpc) is 3.02. The zero-order valence-corrected chi connectivity index (χ0v) is 12.8. The molecule has 0 saturated heterocycles. The molecule has 3 rings (SSSR count). The van der Waals surface area contributed by atoms with E-state index in [1.165, 1.54) is 43.4 Å². The lowest BCUT2D eigenvalue weighted by Gasteiger charge is -2.30. The van der Waals surface area contributed by atoms with Crippen LogP contribution in [0, 0.1) is 5.92 Å². The highest BCUT2D eigenvalue weighted by Crippen LogP contribution is 2.29. The predicted octanol–water partition coefficient (Wildman–Crippen LogP) is 4.31. The molecule has 2 atom stereocenters. The molecular formula is C18H25N3. The first-order valence-corrected chi connectivity index (χ1v) is 8.17. The number of para-hydroxylation sites is 1. The van der Waals surface area contributed by atoms with Crippen LogP contribution >= 0.6 is 0 Å². The van der Waals surface area contributed by atoms with Crippen molar-refractivity contribution >= 4 is 5.69 Å². The van der Waals surface area contributed by atoms with E-state index in [-0.39, 0.29) is 0 Å². The number of nitrogens with zero attached hydrogens (tertiary/aromatic N) is 2. The van der Waals surface area contributed by atoms with Crippen LogP contribution in [0.4, 0.5) is 5.69 Å². The average molecular weight is 283 g/mol. The summed E-state index contributed by atoms with van der Waals surface area (Å²) in [6, 6.07) is 11.2. The van der Waals surface area contributed by atoms with E-state index in [4.69, 9.17) is 0 Å². The normalized spacial score (nSPS) is 22.1. The van der Waals surface area contributed by atoms with Gasteiger partial charge >= 0.3 is 0 Å². The van der Waals surface area contributed by atoms with Crippen molar-refractivity contribution in [2.24, 2.45) is 5.92 Å². The summed E-state index contributed by atoms with van der Waals surface area (Å²) in [7, 11) is 0. The van der Waals surface area contributed by atoms with Gasteiger partial charge in [-0.1, -0.05) is 44.4 Å². The van der Waals surface area contributed by atoms with Gasteiger partial charge in [0.1, 0.15) is 0 Å². The van der Waals surface area contributed by atoms with E-state index in [0.717, 1.165) is 12.5 Å². The predicted molar refractivity (Wildman–Crippen MR) is 87.4 cm³/mol. The summed E-state index contributed by atoms with van der Waals surface area (Å²) >= 11 is 0. The molecule has 3 nitrogen and oxygen atoms in total. The third-order valence-corrected chi connectivity index (χ3v) is 4.63. The second-order valence-electron chi connectivity index (χ2n) is 6.14. The van der Waals surface area contributed by atoms with Crippen molar-refractivity contribution in [2.45, 2.75) is 51.6 Å². The molecule has 3 heteroatoms. The molecule has 1 fully saturated rings. The Morgan fingerprint density at radius 2 is 2.14 bits per heavy atom. The molecule has 1 heterocycles. The molecule has 1 saturated carbocycles. The van der Waals surface area contributed by atoms with E-state index in [1.807, 2.05) is 23.1 Å². The molecule has 112 valence electrons. The van der Waals surface area contributed by atoms with Gasteiger partial charge in [-0.3, -0.25) is 4.68 Å². The van der Waals surface area contributed by atoms with Gasteiger partial charge in [0.2, 0.25) is 0 Å². The zero-order chi connectivity index (χ0) is 14.5. The van der Waals surface area contributed by atoms with Crippen molar-refractivity contribution in [1.29, 1.82) is 0 Å². The number of nitrogens with one attached hydrogen (secondary N) is 1. The van der Waals surface area contributed by atoms with Crippen LogP contribution in [0.5, 0.6) is 0 Å². The molecule has 0 aliphatic heterocycles. The largest absolute Gasteiger partial charge is 0.382 e. The second-order valence-corrected chi connectivity index (χ2v) is 6.14. The Kier molecular flexibility index (Phi) is 4.59. The van der Waals surface area contributed by atoms with Gasteiger partial charge in [-0.05, 0) is 36.5 Å². The van der Waals surface area contributed by atoms with E-state index in [2.05, 4.69) is 41.6 Å². The van der Waals surface area contributed by atoms with Crippen LogP contribution in [0.15, 0.2) is 42.7 Å². The fourth-order valence-electron chi connectivity index (χ4n) is 3.38. The molecule has 0 radical (unpaired) electrons. The lowest BCUT2D eigenvalue weighted by molar-refractivity contribution is 0.327. The van der Waals surface area contributed by atoms with Crippen LogP contribution in [-0.4, -0.2) is 15.8 Å². The number of rotatable bonds is 5. The molecule has 1 N–H and O–H groups in total. The van der Waals surface area contributed by atoms with Crippen molar-refractivity contribution in [3.8, 4) is 0 Å². The first-order valence-electron chi connectivity index (χ1n) is 8.17. The molecule has 0 spiro atoms. The molecule has 0 amide bonds. The van der Waals surface area contributed by atoms with Crippen LogP contribution in [0.2, 0.25) is 0 Å². The van der Waals surface area contributed by atoms with Gasteiger partial charge in [0.15, 0.2) is 0 Å². The molecule has 1 aromatic carbocycles. The Balaban J connectivity index is 1.70. The van der Waals surface area contributed by atoms with Gasteiger partial charge in [-0.2, -0.15) is 5.10 Å². The third-order valence-electron chi connectivity index (χ3n) is 4.63. The maximum absolute atomic E-state index is 4.31. The highest BCUT2D eigenvalue weighted by atomic mass is 15.3. The third kappa shape index (κ3) is 3.66. The smallest absolute Gasteiger partial charge is 0.0679 e. The quantitative estimate of drug-likeness (QED) is 0.886. The highest BCUT2D eigenvalue weighted by molar-refractivity contribution is 5.51. The number of hydrogen-bond acceptors (Lipinski definition) is 2. The van der Waals surface area contributed by atoms with E-state index < -0.39 is 0 Å². The lowest BCUT2D eigenvalue weighted by Crippen LogP contribution is -2.27. The molecule has 1 aliphatic carbocycles. The molecular weight excluding hydrogens is 258 g/mol. The van der Waals surface area contributed by atoms with E-state index >= 15 is 0 Å². The standard InChI is InChI=1S/C18H25N3/c1-2-15-7-5-9-17(13-15)20-18-10-4-3-8-16(18)14-21-12-6-11-19-21/h3-4,6,8,10-12,15,17,20H,2,5,7,9,13-14H2,1H3. The highest BCUT2D eigenvalue weighted by Gasteiger charge is 2.21. The van der Waals surface area contributed by atoms with Crippen molar-refractivity contribution in [1.82, 2.24) is 9.78 Å². The minimum absolute atomic E-state index is 0.627. The lowest BCUT2D eigenvalue weighted by atomic mass is 9.84. The summed E-state index contributed by atoms with van der Waals surface area (Å²) in [6.07, 6.45) is 10.5. The van der Waals surface area contributed by atoms with Crippen LogP contribution in [0.3, 0.4) is 0 Å². The minimum atomic E-state index is 0.627. The summed E-state index contributed by atoms with van der Waals surface area (Å²) in [6.45, 7) is 3.15. The van der Waals surface area contributed by atoms with E-state index in [1.54, 1.807) is 0 Å². The molecule has 0 bridgehead atoms. The van der Waals surface area contributed by atoms with Gasteiger partial charge in [0, 0.05) is 24.1 Å². The van der Waals surface area contributed by atoms with Crippen molar-refractivity contribution in [3.05, 3.63) is 48.3 Å². The van der Waals surface area contributed by atoms with E-state index in [9.17, 15) is 0 Å². The van der Waals surface area contributed by atoms with Crippen molar-refractivity contribution < 1.29 is 0 Å². The van der Waals surface area contributed by atoms with Crippen LogP contribution in [0.25, 0.3) is 0 Å². The first-order chi connectivity index (χ1) is 10.3. The summed E-state index contributed by atoms with van der Waals surface area (Å²) in [5.74, 6) is 0.898. The minimum Gasteiger partial charge on any atom is -0.382 e. The Morgan fingerprint density at radius 3 is 2.95 bits per heavy atom. The molecule has 2 aromatic rings. The number of hydrogen-bond donors (Lipinski definition) is 1. The summed E-state index contributed by atoms with van der Waals surface area (Å²) < 4.78 is 1.98. The number of benzene rings is 1. The Hall–Kier alpha value is -1.77. The Morgan fingerprint density at radius 1 is 1.24 bits per heavy atom. The first kappa shape index (κ1) is 14.2. The number of anilines is 1. The fourth-order valence-corrected chi connectivity index (χ4v) is 3.38. The SMILES string of the molecule is CCC1CCCC(Nc2ccccc2Cn2cccn2)C1. The summed E-state index contributed by atoms with van der Waals surface area (Å²) in [5.41, 5.74) is 2.59. The monoisotopic (exact) mass is 283 g/mol. The molecule has 1 aromatic heterocycles. The van der Waals surface area contributed by atoms with Gasteiger partial charge < -0.3 is 5.32 Å².